The smallest absolute Gasteiger partial charge is 0.141 e. The summed E-state index contributed by atoms with van der Waals surface area (Å²) in [5.74, 6) is 0.793. The Morgan fingerprint density at radius 3 is 2.90 bits per heavy atom. The fourth-order valence-corrected chi connectivity index (χ4v) is 1.28. The number of nitrogens with zero attached hydrogens (tertiary/aromatic N) is 1. The highest BCUT2D eigenvalue weighted by molar-refractivity contribution is 6.33. The van der Waals surface area contributed by atoms with Crippen molar-refractivity contribution in [1.29, 1.82) is 0 Å². The monoisotopic (exact) mass is 131 g/mol. The summed E-state index contributed by atoms with van der Waals surface area (Å²) in [6.07, 6.45) is 4.58. The van der Waals surface area contributed by atoms with Crippen LogP contribution in [0.5, 0.6) is 0 Å². The lowest BCUT2D eigenvalue weighted by atomic mass is 9.92. The highest BCUT2D eigenvalue weighted by Crippen LogP contribution is 2.37. The summed E-state index contributed by atoms with van der Waals surface area (Å²) in [5, 5.41) is 0. The maximum atomic E-state index is 4.34. The van der Waals surface area contributed by atoms with Gasteiger partial charge in [-0.05, 0) is 18.9 Å². The Balaban J connectivity index is 2.39. The Labute approximate surface area is 61.9 Å². The number of hydrogen-bond donors (Lipinski definition) is 0. The first-order valence-corrected chi connectivity index (χ1v) is 3.79. The van der Waals surface area contributed by atoms with Crippen molar-refractivity contribution in [2.45, 2.75) is 18.8 Å². The van der Waals surface area contributed by atoms with Gasteiger partial charge in [0.05, 0.1) is 0 Å². The summed E-state index contributed by atoms with van der Waals surface area (Å²) in [6.45, 7) is 0. The minimum Gasteiger partial charge on any atom is -0.262 e. The quantitative estimate of drug-likeness (QED) is 0.496. The molecule has 1 aliphatic rings. The number of aromatic nitrogens is 1. The van der Waals surface area contributed by atoms with E-state index in [4.69, 9.17) is 0 Å². The average Bonchev–Trinajstić information content (AvgIpc) is 2.71. The number of hydrogen-bond acceptors (Lipinski definition) is 1. The number of pyridine rings is 1. The molecule has 2 rings (SSSR count). The van der Waals surface area contributed by atoms with Gasteiger partial charge < -0.3 is 0 Å². The fourth-order valence-electron chi connectivity index (χ4n) is 1.28. The van der Waals surface area contributed by atoms with Gasteiger partial charge in [-0.2, -0.15) is 0 Å². The molecule has 0 atom stereocenters. The molecule has 1 fully saturated rings. The third-order valence-corrected chi connectivity index (χ3v) is 2.01. The van der Waals surface area contributed by atoms with E-state index in [0.29, 0.717) is 0 Å². The topological polar surface area (TPSA) is 12.9 Å². The van der Waals surface area contributed by atoms with Crippen molar-refractivity contribution >= 4 is 13.3 Å². The molecule has 0 aromatic carbocycles. The van der Waals surface area contributed by atoms with E-state index in [0.717, 1.165) is 5.92 Å². The van der Waals surface area contributed by atoms with E-state index in [1.54, 1.807) is 0 Å². The molecule has 0 aliphatic heterocycles. The predicted molar refractivity (Wildman–Crippen MR) is 44.4 cm³/mol. The van der Waals surface area contributed by atoms with Crippen LogP contribution in [0, 0.1) is 0 Å². The van der Waals surface area contributed by atoms with Crippen LogP contribution in [0.3, 0.4) is 0 Å². The Morgan fingerprint density at radius 2 is 2.30 bits per heavy atom. The first kappa shape index (κ1) is 5.96. The second-order valence-electron chi connectivity index (χ2n) is 2.98. The maximum Gasteiger partial charge on any atom is 0.141 e. The van der Waals surface area contributed by atoms with Gasteiger partial charge in [0.1, 0.15) is 7.85 Å². The van der Waals surface area contributed by atoms with Gasteiger partial charge in [-0.3, -0.25) is 4.98 Å². The zero-order valence-corrected chi connectivity index (χ0v) is 6.17. The molecule has 1 aromatic rings. The van der Waals surface area contributed by atoms with Crippen LogP contribution < -0.4 is 5.46 Å². The molecule has 0 spiro atoms. The van der Waals surface area contributed by atoms with E-state index < -0.39 is 0 Å². The predicted octanol–water partition coefficient (Wildman–Crippen LogP) is 0.217. The van der Waals surface area contributed by atoms with E-state index in [2.05, 4.69) is 18.9 Å². The van der Waals surface area contributed by atoms with Gasteiger partial charge >= 0.3 is 0 Å². The van der Waals surface area contributed by atoms with Gasteiger partial charge in [0.2, 0.25) is 0 Å². The lowest BCUT2D eigenvalue weighted by molar-refractivity contribution is 1.04. The van der Waals surface area contributed by atoms with Crippen molar-refractivity contribution in [2.24, 2.45) is 0 Å². The molecule has 0 N–H and O–H groups in total. The van der Waals surface area contributed by atoms with Crippen LogP contribution in [0.4, 0.5) is 0 Å². The van der Waals surface area contributed by atoms with Gasteiger partial charge in [-0.15, -0.1) is 0 Å². The first-order chi connectivity index (χ1) is 4.88. The molecule has 0 radical (unpaired) electrons. The third kappa shape index (κ3) is 0.940. The Hall–Kier alpha value is -0.785. The van der Waals surface area contributed by atoms with Crippen molar-refractivity contribution in [3.63, 3.8) is 0 Å². The largest absolute Gasteiger partial charge is 0.262 e. The highest BCUT2D eigenvalue weighted by Gasteiger charge is 2.25. The van der Waals surface area contributed by atoms with Gasteiger partial charge in [0.15, 0.2) is 0 Å². The Morgan fingerprint density at radius 1 is 1.50 bits per heavy atom. The standard InChI is InChI=1S/C8H10BN/c9-7-2-1-5-10-8(7)6-3-4-6/h1-2,5-6H,3-4,9H2. The van der Waals surface area contributed by atoms with Crippen molar-refractivity contribution in [3.05, 3.63) is 24.0 Å². The van der Waals surface area contributed by atoms with Crippen molar-refractivity contribution in [3.8, 4) is 0 Å². The molecule has 1 heterocycles. The Bertz CT molecular complexity index is 243. The first-order valence-electron chi connectivity index (χ1n) is 3.79. The molecule has 0 saturated heterocycles. The third-order valence-electron chi connectivity index (χ3n) is 2.01. The van der Waals surface area contributed by atoms with Crippen LogP contribution in [0.2, 0.25) is 0 Å². The molecule has 1 aromatic heterocycles. The molecule has 50 valence electrons. The molecule has 2 heteroatoms. The van der Waals surface area contributed by atoms with Gasteiger partial charge in [-0.1, -0.05) is 11.5 Å². The lowest BCUT2D eigenvalue weighted by Gasteiger charge is -1.99. The van der Waals surface area contributed by atoms with Crippen molar-refractivity contribution in [1.82, 2.24) is 4.98 Å². The van der Waals surface area contributed by atoms with E-state index in [9.17, 15) is 0 Å². The van der Waals surface area contributed by atoms with Gasteiger partial charge in [0, 0.05) is 17.8 Å². The van der Waals surface area contributed by atoms with Crippen LogP contribution in [0.15, 0.2) is 18.3 Å². The molecule has 0 unspecified atom stereocenters. The molecular weight excluding hydrogens is 121 g/mol. The molecule has 0 bridgehead atoms. The Kier molecular flexibility index (Phi) is 1.26. The fraction of sp³-hybridized carbons (Fsp3) is 0.375. The number of rotatable bonds is 1. The maximum absolute atomic E-state index is 4.34. The van der Waals surface area contributed by atoms with Crippen molar-refractivity contribution in [2.75, 3.05) is 0 Å². The van der Waals surface area contributed by atoms with E-state index in [1.165, 1.54) is 24.0 Å². The van der Waals surface area contributed by atoms with Crippen molar-refractivity contribution < 1.29 is 0 Å². The summed E-state index contributed by atoms with van der Waals surface area (Å²) in [4.78, 5) is 4.34. The molecule has 0 amide bonds. The summed E-state index contributed by atoms with van der Waals surface area (Å²) in [7, 11) is 2.14. The van der Waals surface area contributed by atoms with Crippen LogP contribution in [-0.4, -0.2) is 12.8 Å². The van der Waals surface area contributed by atoms with Crippen LogP contribution >= 0.6 is 0 Å². The minimum absolute atomic E-state index is 0.793. The summed E-state index contributed by atoms with van der Waals surface area (Å²) >= 11 is 0. The summed E-state index contributed by atoms with van der Waals surface area (Å²) in [6, 6.07) is 4.14. The zero-order valence-electron chi connectivity index (χ0n) is 6.17. The van der Waals surface area contributed by atoms with Crippen LogP contribution in [0.25, 0.3) is 0 Å². The highest BCUT2D eigenvalue weighted by atomic mass is 14.7. The lowest BCUT2D eigenvalue weighted by Crippen LogP contribution is -2.10. The minimum atomic E-state index is 0.793. The van der Waals surface area contributed by atoms with E-state index >= 15 is 0 Å². The van der Waals surface area contributed by atoms with Gasteiger partial charge in [0.25, 0.3) is 0 Å². The van der Waals surface area contributed by atoms with E-state index in [-0.39, 0.29) is 0 Å². The van der Waals surface area contributed by atoms with Crippen LogP contribution in [-0.2, 0) is 0 Å². The summed E-state index contributed by atoms with van der Waals surface area (Å²) < 4.78 is 0. The second kappa shape index (κ2) is 2.12. The van der Waals surface area contributed by atoms with Gasteiger partial charge in [-0.25, -0.2) is 0 Å². The molecule has 10 heavy (non-hydrogen) atoms. The van der Waals surface area contributed by atoms with E-state index in [1.807, 2.05) is 12.3 Å². The molecular formula is C8H10BN. The van der Waals surface area contributed by atoms with Crippen LogP contribution in [0.1, 0.15) is 24.5 Å². The molecule has 1 nitrogen and oxygen atoms in total. The molecule has 1 saturated carbocycles. The molecule has 1 aliphatic carbocycles. The SMILES string of the molecule is Bc1cccnc1C1CC1. The zero-order chi connectivity index (χ0) is 6.97. The average molecular weight is 131 g/mol. The normalized spacial score (nSPS) is 17.2. The second-order valence-corrected chi connectivity index (χ2v) is 2.98. The summed E-state index contributed by atoms with van der Waals surface area (Å²) in [5.41, 5.74) is 2.67.